The first-order valence-electron chi connectivity index (χ1n) is 12.6. The normalized spacial score (nSPS) is 24.1. The molecule has 202 valence electrons. The number of rotatable bonds is 7. The number of hydrogen-bond acceptors (Lipinski definition) is 6. The highest BCUT2D eigenvalue weighted by Crippen LogP contribution is 2.28. The minimum Gasteiger partial charge on any atom is -0.356 e. The maximum Gasteiger partial charge on any atom is 0.315 e. The first-order chi connectivity index (χ1) is 16.5. The summed E-state index contributed by atoms with van der Waals surface area (Å²) >= 11 is 0. The highest BCUT2D eigenvalue weighted by atomic mass is 16.2. The third-order valence-electron chi connectivity index (χ3n) is 6.63. The minimum atomic E-state index is -0.870. The molecule has 0 bridgehead atoms. The van der Waals surface area contributed by atoms with Crippen LogP contribution in [0.4, 0.5) is 4.79 Å². The standard InChI is InChI=1S/C25H43N7O4/c1-24(2,3)19(29-23(36)30-25(4,5)6)22(35)32-14-17(31(7)8)12-18(32)21(34)28-16(13-26)11-15-9-10-27-20(15)33/h15-19H,9-12,14H2,1-8H3,(H,27,33)(H,28,34)(H2,29,30,36)/t15-,16-,17+,18-,19+/m0/s1. The summed E-state index contributed by atoms with van der Waals surface area (Å²) in [6.45, 7) is 12.0. The molecule has 5 amide bonds. The molecule has 2 saturated heterocycles. The van der Waals surface area contributed by atoms with E-state index in [0.29, 0.717) is 25.9 Å². The summed E-state index contributed by atoms with van der Waals surface area (Å²) < 4.78 is 0. The summed E-state index contributed by atoms with van der Waals surface area (Å²) in [5.41, 5.74) is -1.10. The molecule has 0 aromatic rings. The van der Waals surface area contributed by atoms with Gasteiger partial charge in [0.1, 0.15) is 18.1 Å². The van der Waals surface area contributed by atoms with Gasteiger partial charge >= 0.3 is 6.03 Å². The predicted octanol–water partition coefficient (Wildman–Crippen LogP) is 0.564. The van der Waals surface area contributed by atoms with E-state index in [4.69, 9.17) is 0 Å². The molecule has 36 heavy (non-hydrogen) atoms. The van der Waals surface area contributed by atoms with Gasteiger partial charge in [-0.25, -0.2) is 4.79 Å². The van der Waals surface area contributed by atoms with E-state index in [0.717, 1.165) is 0 Å². The van der Waals surface area contributed by atoms with E-state index in [1.807, 2.05) is 60.5 Å². The smallest absolute Gasteiger partial charge is 0.315 e. The zero-order valence-corrected chi connectivity index (χ0v) is 22.9. The molecule has 2 aliphatic rings. The van der Waals surface area contributed by atoms with Gasteiger partial charge in [0.2, 0.25) is 17.7 Å². The van der Waals surface area contributed by atoms with Crippen molar-refractivity contribution in [1.29, 1.82) is 5.26 Å². The lowest BCUT2D eigenvalue weighted by Gasteiger charge is -2.36. The lowest BCUT2D eigenvalue weighted by atomic mass is 9.85. The maximum atomic E-state index is 13.8. The molecule has 0 aromatic heterocycles. The van der Waals surface area contributed by atoms with Crippen LogP contribution in [0, 0.1) is 22.7 Å². The highest BCUT2D eigenvalue weighted by Gasteiger charge is 2.46. The van der Waals surface area contributed by atoms with Gasteiger partial charge in [-0.1, -0.05) is 20.8 Å². The average Bonchev–Trinajstić information content (AvgIpc) is 3.35. The molecule has 11 nitrogen and oxygen atoms in total. The van der Waals surface area contributed by atoms with Gasteiger partial charge < -0.3 is 31.1 Å². The van der Waals surface area contributed by atoms with E-state index < -0.39 is 41.0 Å². The molecular formula is C25H43N7O4. The number of amides is 5. The van der Waals surface area contributed by atoms with Crippen molar-refractivity contribution in [2.45, 2.75) is 90.5 Å². The Kier molecular flexibility index (Phi) is 9.34. The van der Waals surface area contributed by atoms with Crippen molar-refractivity contribution in [2.24, 2.45) is 11.3 Å². The van der Waals surface area contributed by atoms with Gasteiger partial charge in [-0.3, -0.25) is 14.4 Å². The number of likely N-dealkylation sites (tertiary alicyclic amines) is 1. The van der Waals surface area contributed by atoms with E-state index in [1.165, 1.54) is 4.90 Å². The number of nitrogens with one attached hydrogen (secondary N) is 4. The van der Waals surface area contributed by atoms with Crippen LogP contribution >= 0.6 is 0 Å². The number of nitriles is 1. The summed E-state index contributed by atoms with van der Waals surface area (Å²) in [5.74, 6) is -1.20. The minimum absolute atomic E-state index is 0.0603. The van der Waals surface area contributed by atoms with Crippen molar-refractivity contribution in [2.75, 3.05) is 27.2 Å². The van der Waals surface area contributed by atoms with Crippen LogP contribution in [0.2, 0.25) is 0 Å². The molecule has 2 heterocycles. The summed E-state index contributed by atoms with van der Waals surface area (Å²) in [6.07, 6.45) is 1.25. The number of nitrogens with zero attached hydrogens (tertiary/aromatic N) is 3. The fraction of sp³-hybridized carbons (Fsp3) is 0.800. The zero-order valence-electron chi connectivity index (χ0n) is 22.9. The fourth-order valence-corrected chi connectivity index (χ4v) is 4.57. The topological polar surface area (TPSA) is 147 Å². The third kappa shape index (κ3) is 7.82. The van der Waals surface area contributed by atoms with E-state index in [-0.39, 0.29) is 30.2 Å². The van der Waals surface area contributed by atoms with Gasteiger partial charge in [-0.2, -0.15) is 5.26 Å². The van der Waals surface area contributed by atoms with Gasteiger partial charge in [0, 0.05) is 30.6 Å². The van der Waals surface area contributed by atoms with Gasteiger partial charge in [0.15, 0.2) is 0 Å². The van der Waals surface area contributed by atoms with Gasteiger partial charge in [0.25, 0.3) is 0 Å². The van der Waals surface area contributed by atoms with Crippen molar-refractivity contribution < 1.29 is 19.2 Å². The molecule has 2 fully saturated rings. The number of urea groups is 1. The third-order valence-corrected chi connectivity index (χ3v) is 6.63. The van der Waals surface area contributed by atoms with Crippen LogP contribution in [0.3, 0.4) is 0 Å². The zero-order chi connectivity index (χ0) is 27.4. The van der Waals surface area contributed by atoms with Crippen molar-refractivity contribution in [3.05, 3.63) is 0 Å². The average molecular weight is 506 g/mol. The van der Waals surface area contributed by atoms with Gasteiger partial charge in [-0.05, 0) is 59.5 Å². The second kappa shape index (κ2) is 11.5. The molecule has 5 atom stereocenters. The Morgan fingerprint density at radius 2 is 1.81 bits per heavy atom. The Hall–Kier alpha value is -2.87. The van der Waals surface area contributed by atoms with Crippen molar-refractivity contribution in [3.8, 4) is 6.07 Å². The predicted molar refractivity (Wildman–Crippen MR) is 136 cm³/mol. The number of carbonyl (C=O) groups is 4. The quantitative estimate of drug-likeness (QED) is 0.398. The van der Waals surface area contributed by atoms with Gasteiger partial charge in [-0.15, -0.1) is 0 Å². The maximum absolute atomic E-state index is 13.8. The molecule has 4 N–H and O–H groups in total. The molecule has 0 spiro atoms. The molecule has 11 heteroatoms. The Balaban J connectivity index is 2.23. The second-order valence-corrected chi connectivity index (χ2v) is 12.2. The lowest BCUT2D eigenvalue weighted by molar-refractivity contribution is -0.142. The monoisotopic (exact) mass is 505 g/mol. The van der Waals surface area contributed by atoms with Crippen LogP contribution in [-0.2, 0) is 14.4 Å². The van der Waals surface area contributed by atoms with Crippen LogP contribution in [0.25, 0.3) is 0 Å². The number of carbonyl (C=O) groups excluding carboxylic acids is 4. The van der Waals surface area contributed by atoms with E-state index in [9.17, 15) is 24.4 Å². The van der Waals surface area contributed by atoms with E-state index in [2.05, 4.69) is 27.3 Å². The molecule has 0 aromatic carbocycles. The van der Waals surface area contributed by atoms with Crippen LogP contribution in [0.1, 0.15) is 60.8 Å². The summed E-state index contributed by atoms with van der Waals surface area (Å²) in [5, 5.41) is 20.8. The Labute approximate surface area is 214 Å². The summed E-state index contributed by atoms with van der Waals surface area (Å²) in [6, 6.07) is -0.937. The van der Waals surface area contributed by atoms with Crippen LogP contribution in [0.5, 0.6) is 0 Å². The highest BCUT2D eigenvalue weighted by molar-refractivity contribution is 5.93. The molecular weight excluding hydrogens is 462 g/mol. The molecule has 0 saturated carbocycles. The van der Waals surface area contributed by atoms with Crippen LogP contribution in [-0.4, -0.2) is 90.4 Å². The largest absolute Gasteiger partial charge is 0.356 e. The second-order valence-electron chi connectivity index (χ2n) is 12.2. The Morgan fingerprint density at radius 1 is 1.17 bits per heavy atom. The van der Waals surface area contributed by atoms with Crippen LogP contribution < -0.4 is 21.3 Å². The molecule has 0 unspecified atom stereocenters. The fourth-order valence-electron chi connectivity index (χ4n) is 4.57. The summed E-state index contributed by atoms with van der Waals surface area (Å²) in [7, 11) is 3.78. The Morgan fingerprint density at radius 3 is 2.28 bits per heavy atom. The van der Waals surface area contributed by atoms with Crippen LogP contribution in [0.15, 0.2) is 0 Å². The van der Waals surface area contributed by atoms with Crippen molar-refractivity contribution in [1.82, 2.24) is 31.1 Å². The van der Waals surface area contributed by atoms with Gasteiger partial charge in [0.05, 0.1) is 6.07 Å². The number of hydrogen-bond donors (Lipinski definition) is 4. The summed E-state index contributed by atoms with van der Waals surface area (Å²) in [4.78, 5) is 55.2. The molecule has 2 rings (SSSR count). The Bertz CT molecular complexity index is 884. The van der Waals surface area contributed by atoms with Crippen molar-refractivity contribution in [3.63, 3.8) is 0 Å². The van der Waals surface area contributed by atoms with Crippen molar-refractivity contribution >= 4 is 23.8 Å². The molecule has 2 aliphatic heterocycles. The number of likely N-dealkylation sites (N-methyl/N-ethyl adjacent to an activating group) is 1. The van der Waals surface area contributed by atoms with E-state index in [1.54, 1.807) is 0 Å². The molecule has 0 aliphatic carbocycles. The molecule has 0 radical (unpaired) electrons. The first-order valence-corrected chi connectivity index (χ1v) is 12.6. The van der Waals surface area contributed by atoms with E-state index >= 15 is 0 Å². The SMILES string of the molecule is CN(C)[C@@H]1C[C@@H](C(=O)N[C@H](C#N)C[C@@H]2CCNC2=O)N(C(=O)[C@@H](NC(=O)NC(C)(C)C)C(C)(C)C)C1. The lowest BCUT2D eigenvalue weighted by Crippen LogP contribution is -2.60. The first kappa shape index (κ1) is 29.4.